The van der Waals surface area contributed by atoms with E-state index in [0.717, 1.165) is 10.2 Å². The van der Waals surface area contributed by atoms with Gasteiger partial charge in [0, 0.05) is 11.6 Å². The number of likely N-dealkylation sites (N-methyl/N-ethyl adjacent to an activating group) is 1. The molecule has 0 spiro atoms. The van der Waals surface area contributed by atoms with Crippen LogP contribution in [-0.2, 0) is 0 Å². The van der Waals surface area contributed by atoms with E-state index in [-0.39, 0.29) is 29.5 Å². The van der Waals surface area contributed by atoms with Gasteiger partial charge in [-0.2, -0.15) is 0 Å². The number of halogens is 1. The fourth-order valence-corrected chi connectivity index (χ4v) is 2.65. The van der Waals surface area contributed by atoms with E-state index in [2.05, 4.69) is 59.1 Å². The molecular weight excluding hydrogens is 349 g/mol. The second-order valence-electron chi connectivity index (χ2n) is 6.05. The average molecular weight is 374 g/mol. The van der Waals surface area contributed by atoms with Crippen molar-refractivity contribution in [2.24, 2.45) is 0 Å². The van der Waals surface area contributed by atoms with Crippen LogP contribution in [0.2, 0.25) is 0 Å². The minimum atomic E-state index is 0. The highest BCUT2D eigenvalue weighted by Gasteiger charge is 2.41. The number of allylic oxidation sites excluding steroid dienone is 1. The van der Waals surface area contributed by atoms with Crippen molar-refractivity contribution in [3.8, 4) is 5.75 Å². The van der Waals surface area contributed by atoms with Gasteiger partial charge in [0.05, 0.1) is 20.7 Å². The third-order valence-corrected chi connectivity index (χ3v) is 4.32. The van der Waals surface area contributed by atoms with Crippen molar-refractivity contribution in [3.63, 3.8) is 0 Å². The van der Waals surface area contributed by atoms with Gasteiger partial charge in [-0.05, 0) is 51.5 Å². The van der Waals surface area contributed by atoms with Gasteiger partial charge in [0.2, 0.25) is 0 Å². The van der Waals surface area contributed by atoms with Gasteiger partial charge < -0.3 is 4.74 Å². The monoisotopic (exact) mass is 374 g/mol. The van der Waals surface area contributed by atoms with Gasteiger partial charge in [-0.3, -0.25) is 4.48 Å². The molecule has 0 saturated carbocycles. The Morgan fingerprint density at radius 1 is 1.21 bits per heavy atom. The third-order valence-electron chi connectivity index (χ3n) is 4.32. The summed E-state index contributed by atoms with van der Waals surface area (Å²) in [5.41, 5.74) is 4.13. The average Bonchev–Trinajstić information content (AvgIpc) is 2.27. The molecule has 0 fully saturated rings. The molecule has 1 aliphatic rings. The van der Waals surface area contributed by atoms with Crippen molar-refractivity contribution in [2.45, 2.75) is 33.2 Å². The lowest BCUT2D eigenvalue weighted by molar-refractivity contribution is 0.247. The molecule has 3 heteroatoms. The van der Waals surface area contributed by atoms with Crippen LogP contribution in [0.3, 0.4) is 0 Å². The Morgan fingerprint density at radius 2 is 1.84 bits per heavy atom. The molecule has 1 aromatic carbocycles. The van der Waals surface area contributed by atoms with Crippen LogP contribution in [0.1, 0.15) is 33.3 Å². The number of quaternary nitrogens is 1. The summed E-state index contributed by atoms with van der Waals surface area (Å²) in [7, 11) is 4.53. The van der Waals surface area contributed by atoms with Gasteiger partial charge in [-0.25, -0.2) is 0 Å². The molecule has 0 aromatic heterocycles. The highest BCUT2D eigenvalue weighted by atomic mass is 127. The molecule has 1 aliphatic heterocycles. The summed E-state index contributed by atoms with van der Waals surface area (Å²) < 4.78 is 6.47. The SMILES string of the molecule is CCOc1ccc2c(c1)C(C)=CC(C)(C)[N+]2(C)C.I. The van der Waals surface area contributed by atoms with Gasteiger partial charge in [0.1, 0.15) is 17.0 Å². The smallest absolute Gasteiger partial charge is 0.140 e. The molecule has 2 nitrogen and oxygen atoms in total. The molecule has 1 aromatic rings. The first-order chi connectivity index (χ1) is 8.29. The molecular formula is C16H25INO+. The Morgan fingerprint density at radius 3 is 2.42 bits per heavy atom. The molecule has 0 aliphatic carbocycles. The number of nitrogens with zero attached hydrogens (tertiary/aromatic N) is 1. The first-order valence-corrected chi connectivity index (χ1v) is 6.61. The van der Waals surface area contributed by atoms with Gasteiger partial charge in [0.15, 0.2) is 0 Å². The molecule has 106 valence electrons. The van der Waals surface area contributed by atoms with Crippen molar-refractivity contribution in [1.82, 2.24) is 4.48 Å². The number of hydrogen-bond acceptors (Lipinski definition) is 1. The molecule has 19 heavy (non-hydrogen) atoms. The number of fused-ring (bicyclic) bond motifs is 1. The number of rotatable bonds is 2. The largest absolute Gasteiger partial charge is 0.494 e. The topological polar surface area (TPSA) is 9.23 Å². The fourth-order valence-electron chi connectivity index (χ4n) is 2.65. The van der Waals surface area contributed by atoms with Crippen molar-refractivity contribution >= 4 is 35.2 Å². The summed E-state index contributed by atoms with van der Waals surface area (Å²) in [5.74, 6) is 0.962. The lowest BCUT2D eigenvalue weighted by Crippen LogP contribution is -2.58. The zero-order valence-corrected chi connectivity index (χ0v) is 15.1. The zero-order valence-electron chi connectivity index (χ0n) is 12.8. The maximum Gasteiger partial charge on any atom is 0.140 e. The predicted octanol–water partition coefficient (Wildman–Crippen LogP) is 4.47. The van der Waals surface area contributed by atoms with Gasteiger partial charge in [-0.15, -0.1) is 24.0 Å². The van der Waals surface area contributed by atoms with Gasteiger partial charge in [-0.1, -0.05) is 0 Å². The van der Waals surface area contributed by atoms with Crippen LogP contribution in [0.25, 0.3) is 5.57 Å². The molecule has 2 rings (SSSR count). The van der Waals surface area contributed by atoms with Crippen LogP contribution >= 0.6 is 24.0 Å². The zero-order chi connectivity index (χ0) is 13.6. The Bertz CT molecular complexity index is 503. The second-order valence-corrected chi connectivity index (χ2v) is 6.05. The van der Waals surface area contributed by atoms with Crippen LogP contribution in [0.4, 0.5) is 5.69 Å². The molecule has 0 saturated heterocycles. The van der Waals surface area contributed by atoms with Gasteiger partial charge >= 0.3 is 0 Å². The molecule has 0 amide bonds. The molecule has 0 radical (unpaired) electrons. The van der Waals surface area contributed by atoms with E-state index in [1.807, 2.05) is 6.92 Å². The van der Waals surface area contributed by atoms with Crippen molar-refractivity contribution < 1.29 is 4.74 Å². The third kappa shape index (κ3) is 2.68. The Kier molecular flexibility index (Phi) is 4.73. The number of ether oxygens (including phenoxy) is 1. The summed E-state index contributed by atoms with van der Waals surface area (Å²) in [6.45, 7) is 9.50. The van der Waals surface area contributed by atoms with E-state index < -0.39 is 0 Å². The van der Waals surface area contributed by atoms with E-state index in [9.17, 15) is 0 Å². The number of benzene rings is 1. The summed E-state index contributed by atoms with van der Waals surface area (Å²) in [5, 5.41) is 0. The van der Waals surface area contributed by atoms with Crippen molar-refractivity contribution in [1.29, 1.82) is 0 Å². The standard InChI is InChI=1S/C16H24NO.HI/c1-7-18-13-8-9-15-14(10-13)12(2)11-16(3,4)17(15,5)6;/h8-11H,7H2,1-6H3;1H/q+1;. The second kappa shape index (κ2) is 5.44. The molecule has 0 N–H and O–H groups in total. The maximum atomic E-state index is 5.61. The highest BCUT2D eigenvalue weighted by Crippen LogP contribution is 2.43. The van der Waals surface area contributed by atoms with E-state index in [0.29, 0.717) is 6.61 Å². The van der Waals surface area contributed by atoms with E-state index in [4.69, 9.17) is 4.74 Å². The highest BCUT2D eigenvalue weighted by molar-refractivity contribution is 14.0. The first kappa shape index (κ1) is 16.5. The minimum Gasteiger partial charge on any atom is -0.494 e. The van der Waals surface area contributed by atoms with Crippen LogP contribution in [0, 0.1) is 0 Å². The first-order valence-electron chi connectivity index (χ1n) is 6.61. The minimum absolute atomic E-state index is 0. The lowest BCUT2D eigenvalue weighted by Gasteiger charge is -2.46. The fraction of sp³-hybridized carbons (Fsp3) is 0.500. The van der Waals surface area contributed by atoms with E-state index in [1.54, 1.807) is 0 Å². The quantitative estimate of drug-likeness (QED) is 0.549. The Balaban J connectivity index is 0.00000180. The Labute approximate surface area is 134 Å². The molecule has 0 bridgehead atoms. The van der Waals surface area contributed by atoms with Crippen molar-refractivity contribution in [2.75, 3.05) is 20.7 Å². The van der Waals surface area contributed by atoms with E-state index in [1.165, 1.54) is 16.8 Å². The summed E-state index contributed by atoms with van der Waals surface area (Å²) in [6, 6.07) is 6.45. The summed E-state index contributed by atoms with van der Waals surface area (Å²) in [4.78, 5) is 0. The van der Waals surface area contributed by atoms with Crippen LogP contribution in [0.5, 0.6) is 5.75 Å². The Hall–Kier alpha value is -0.550. The van der Waals surface area contributed by atoms with Crippen LogP contribution in [0.15, 0.2) is 24.3 Å². The summed E-state index contributed by atoms with van der Waals surface area (Å²) >= 11 is 0. The predicted molar refractivity (Wildman–Crippen MR) is 94.4 cm³/mol. The van der Waals surface area contributed by atoms with Crippen LogP contribution < -0.4 is 9.22 Å². The number of hydrogen-bond donors (Lipinski definition) is 0. The maximum absolute atomic E-state index is 5.61. The molecule has 0 atom stereocenters. The summed E-state index contributed by atoms with van der Waals surface area (Å²) in [6.07, 6.45) is 2.37. The molecule has 0 unspecified atom stereocenters. The lowest BCUT2D eigenvalue weighted by atomic mass is 9.87. The van der Waals surface area contributed by atoms with Gasteiger partial charge in [0.25, 0.3) is 0 Å². The van der Waals surface area contributed by atoms with Crippen LogP contribution in [-0.4, -0.2) is 26.2 Å². The van der Waals surface area contributed by atoms with E-state index >= 15 is 0 Å². The normalized spacial score (nSPS) is 18.9. The van der Waals surface area contributed by atoms with Crippen molar-refractivity contribution in [3.05, 3.63) is 29.8 Å². The molecule has 1 heterocycles.